The van der Waals surface area contributed by atoms with Gasteiger partial charge in [-0.15, -0.1) is 0 Å². The predicted molar refractivity (Wildman–Crippen MR) is 113 cm³/mol. The standard InChI is InChI=1S/C23H15F6N3O2/c24-22(25,26)16-5-2-4-15(12-16)21(34)31-18-6-1-3-14(11-18)7-8-20(33)32-19-13-17(9-10-30-19)23(27,28)29/h1-13H,(H,31,34)(H,30,32,33). The van der Waals surface area contributed by atoms with E-state index in [1.807, 2.05) is 0 Å². The second-order valence-corrected chi connectivity index (χ2v) is 6.91. The smallest absolute Gasteiger partial charge is 0.322 e. The summed E-state index contributed by atoms with van der Waals surface area (Å²) in [7, 11) is 0. The fourth-order valence-electron chi connectivity index (χ4n) is 2.78. The summed E-state index contributed by atoms with van der Waals surface area (Å²) in [6, 6.07) is 11.5. The first kappa shape index (κ1) is 24.5. The van der Waals surface area contributed by atoms with Crippen LogP contribution < -0.4 is 10.6 Å². The predicted octanol–water partition coefficient (Wildman–Crippen LogP) is 6.02. The van der Waals surface area contributed by atoms with E-state index in [9.17, 15) is 35.9 Å². The van der Waals surface area contributed by atoms with Gasteiger partial charge in [-0.1, -0.05) is 18.2 Å². The molecular weight excluding hydrogens is 464 g/mol. The van der Waals surface area contributed by atoms with E-state index in [1.165, 1.54) is 30.3 Å². The highest BCUT2D eigenvalue weighted by Gasteiger charge is 2.31. The van der Waals surface area contributed by atoms with Gasteiger partial charge in [0.15, 0.2) is 0 Å². The third kappa shape index (κ3) is 6.67. The summed E-state index contributed by atoms with van der Waals surface area (Å²) in [4.78, 5) is 28.0. The minimum Gasteiger partial charge on any atom is -0.322 e. The number of hydrogen-bond donors (Lipinski definition) is 2. The van der Waals surface area contributed by atoms with Gasteiger partial charge in [-0.25, -0.2) is 4.98 Å². The molecule has 11 heteroatoms. The van der Waals surface area contributed by atoms with Gasteiger partial charge < -0.3 is 10.6 Å². The molecule has 0 aliphatic heterocycles. The maximum Gasteiger partial charge on any atom is 0.416 e. The fraction of sp³-hybridized carbons (Fsp3) is 0.0870. The number of alkyl halides is 6. The first-order valence-electron chi connectivity index (χ1n) is 9.53. The fourth-order valence-corrected chi connectivity index (χ4v) is 2.78. The normalized spacial score (nSPS) is 11.9. The van der Waals surface area contributed by atoms with E-state index in [-0.39, 0.29) is 17.1 Å². The molecule has 34 heavy (non-hydrogen) atoms. The lowest BCUT2D eigenvalue weighted by Crippen LogP contribution is -2.14. The first-order valence-corrected chi connectivity index (χ1v) is 9.53. The number of nitrogens with zero attached hydrogens (tertiary/aromatic N) is 1. The highest BCUT2D eigenvalue weighted by molar-refractivity contribution is 6.05. The minimum atomic E-state index is -4.59. The second-order valence-electron chi connectivity index (χ2n) is 6.91. The lowest BCUT2D eigenvalue weighted by atomic mass is 10.1. The summed E-state index contributed by atoms with van der Waals surface area (Å²) in [6.07, 6.45) is -5.88. The molecule has 5 nitrogen and oxygen atoms in total. The van der Waals surface area contributed by atoms with Gasteiger partial charge in [-0.05, 0) is 54.1 Å². The Balaban J connectivity index is 1.66. The SMILES string of the molecule is O=C(C=Cc1cccc(NC(=O)c2cccc(C(F)(F)F)c2)c1)Nc1cc(C(F)(F)F)ccn1. The van der Waals surface area contributed by atoms with Crippen molar-refractivity contribution in [2.24, 2.45) is 0 Å². The van der Waals surface area contributed by atoms with Crippen LogP contribution in [0.5, 0.6) is 0 Å². The number of rotatable bonds is 5. The molecule has 176 valence electrons. The molecule has 0 saturated carbocycles. The van der Waals surface area contributed by atoms with Crippen molar-refractivity contribution >= 4 is 29.4 Å². The Hall–Kier alpha value is -4.15. The molecule has 3 rings (SSSR count). The summed E-state index contributed by atoms with van der Waals surface area (Å²) in [5, 5.41) is 4.68. The number of aromatic nitrogens is 1. The number of benzene rings is 2. The lowest BCUT2D eigenvalue weighted by molar-refractivity contribution is -0.138. The van der Waals surface area contributed by atoms with Crippen LogP contribution in [0.2, 0.25) is 0 Å². The molecule has 2 N–H and O–H groups in total. The number of carbonyl (C=O) groups excluding carboxylic acids is 2. The molecule has 2 aromatic carbocycles. The average molecular weight is 479 g/mol. The topological polar surface area (TPSA) is 71.1 Å². The van der Waals surface area contributed by atoms with Crippen LogP contribution in [0.1, 0.15) is 27.0 Å². The molecule has 0 saturated heterocycles. The second kappa shape index (κ2) is 9.77. The Bertz CT molecular complexity index is 1240. The van der Waals surface area contributed by atoms with E-state index in [1.54, 1.807) is 6.07 Å². The summed E-state index contributed by atoms with van der Waals surface area (Å²) in [6.45, 7) is 0. The van der Waals surface area contributed by atoms with Crippen molar-refractivity contribution in [1.82, 2.24) is 4.98 Å². The molecule has 0 fully saturated rings. The van der Waals surface area contributed by atoms with E-state index < -0.39 is 35.3 Å². The van der Waals surface area contributed by atoms with Gasteiger partial charge in [0.2, 0.25) is 5.91 Å². The minimum absolute atomic E-state index is 0.191. The van der Waals surface area contributed by atoms with Crippen LogP contribution in [0.15, 0.2) is 72.9 Å². The van der Waals surface area contributed by atoms with Gasteiger partial charge in [-0.3, -0.25) is 9.59 Å². The molecular formula is C23H15F6N3O2. The highest BCUT2D eigenvalue weighted by atomic mass is 19.4. The third-order valence-electron chi connectivity index (χ3n) is 4.36. The molecule has 2 amide bonds. The maximum absolute atomic E-state index is 12.8. The Morgan fingerprint density at radius 3 is 2.18 bits per heavy atom. The van der Waals surface area contributed by atoms with Gasteiger partial charge >= 0.3 is 12.4 Å². The summed E-state index contributed by atoms with van der Waals surface area (Å²) in [5.41, 5.74) is -1.42. The molecule has 0 aliphatic carbocycles. The number of halogens is 6. The van der Waals surface area contributed by atoms with E-state index in [2.05, 4.69) is 15.6 Å². The molecule has 3 aromatic rings. The number of amides is 2. The number of hydrogen-bond acceptors (Lipinski definition) is 3. The van der Waals surface area contributed by atoms with Crippen LogP contribution in [0.4, 0.5) is 37.8 Å². The van der Waals surface area contributed by atoms with Crippen LogP contribution in [-0.2, 0) is 17.1 Å². The molecule has 0 unspecified atom stereocenters. The maximum atomic E-state index is 12.8. The summed E-state index contributed by atoms with van der Waals surface area (Å²) < 4.78 is 76.8. The molecule has 0 radical (unpaired) electrons. The number of carbonyl (C=O) groups is 2. The van der Waals surface area contributed by atoms with Crippen molar-refractivity contribution in [3.63, 3.8) is 0 Å². The number of anilines is 2. The van der Waals surface area contributed by atoms with Gasteiger partial charge in [0.05, 0.1) is 11.1 Å². The van der Waals surface area contributed by atoms with Crippen LogP contribution >= 0.6 is 0 Å². The molecule has 0 aliphatic rings. The zero-order valence-electron chi connectivity index (χ0n) is 17.0. The zero-order valence-corrected chi connectivity index (χ0v) is 17.0. The van der Waals surface area contributed by atoms with E-state index in [4.69, 9.17) is 0 Å². The molecule has 1 aromatic heterocycles. The molecule has 0 spiro atoms. The molecule has 0 bridgehead atoms. The van der Waals surface area contributed by atoms with Crippen molar-refractivity contribution in [3.05, 3.63) is 95.2 Å². The largest absolute Gasteiger partial charge is 0.416 e. The van der Waals surface area contributed by atoms with Gasteiger partial charge in [0.1, 0.15) is 5.82 Å². The van der Waals surface area contributed by atoms with Crippen LogP contribution in [0, 0.1) is 0 Å². The van der Waals surface area contributed by atoms with Crippen molar-refractivity contribution in [3.8, 4) is 0 Å². The Labute approximate surface area is 189 Å². The van der Waals surface area contributed by atoms with Crippen molar-refractivity contribution < 1.29 is 35.9 Å². The molecule has 0 atom stereocenters. The Morgan fingerprint density at radius 2 is 1.47 bits per heavy atom. The van der Waals surface area contributed by atoms with Gasteiger partial charge in [-0.2, -0.15) is 26.3 Å². The van der Waals surface area contributed by atoms with E-state index in [0.717, 1.165) is 36.5 Å². The first-order chi connectivity index (χ1) is 15.9. The van der Waals surface area contributed by atoms with E-state index >= 15 is 0 Å². The van der Waals surface area contributed by atoms with Crippen LogP contribution in [0.25, 0.3) is 6.08 Å². The quantitative estimate of drug-likeness (QED) is 0.347. The number of pyridine rings is 1. The van der Waals surface area contributed by atoms with Crippen molar-refractivity contribution in [1.29, 1.82) is 0 Å². The summed E-state index contributed by atoms with van der Waals surface area (Å²) in [5.74, 6) is -1.79. The Morgan fingerprint density at radius 1 is 0.794 bits per heavy atom. The van der Waals surface area contributed by atoms with E-state index in [0.29, 0.717) is 11.6 Å². The third-order valence-corrected chi connectivity index (χ3v) is 4.36. The summed E-state index contributed by atoms with van der Waals surface area (Å²) >= 11 is 0. The van der Waals surface area contributed by atoms with Gasteiger partial charge in [0, 0.05) is 23.5 Å². The van der Waals surface area contributed by atoms with Crippen LogP contribution in [-0.4, -0.2) is 16.8 Å². The Kier molecular flexibility index (Phi) is 7.04. The number of nitrogens with one attached hydrogen (secondary N) is 2. The van der Waals surface area contributed by atoms with Gasteiger partial charge in [0.25, 0.3) is 5.91 Å². The molecule has 1 heterocycles. The lowest BCUT2D eigenvalue weighted by Gasteiger charge is -2.10. The van der Waals surface area contributed by atoms with Crippen LogP contribution in [0.3, 0.4) is 0 Å². The monoisotopic (exact) mass is 479 g/mol. The van der Waals surface area contributed by atoms with Crippen molar-refractivity contribution in [2.45, 2.75) is 12.4 Å². The average Bonchev–Trinajstić information content (AvgIpc) is 2.77. The zero-order chi connectivity index (χ0) is 24.9. The highest BCUT2D eigenvalue weighted by Crippen LogP contribution is 2.30. The van der Waals surface area contributed by atoms with Crippen molar-refractivity contribution in [2.75, 3.05) is 10.6 Å².